The Hall–Kier alpha value is -0.790. The minimum atomic E-state index is -0.00908. The van der Waals surface area contributed by atoms with Gasteiger partial charge in [0.05, 0.1) is 5.76 Å². The summed E-state index contributed by atoms with van der Waals surface area (Å²) in [5.74, 6) is 0.205. The monoisotopic (exact) mass is 184 g/mol. The second-order valence-corrected chi connectivity index (χ2v) is 4.93. The van der Waals surface area contributed by atoms with Crippen molar-refractivity contribution in [1.29, 1.82) is 0 Å². The molecular formula is C11H20O2. The van der Waals surface area contributed by atoms with E-state index in [1.807, 2.05) is 34.6 Å². The lowest BCUT2D eigenvalue weighted by Crippen LogP contribution is -2.12. The first kappa shape index (κ1) is 12.2. The minimum absolute atomic E-state index is 0.00120. The van der Waals surface area contributed by atoms with E-state index < -0.39 is 0 Å². The maximum atomic E-state index is 11.3. The zero-order valence-corrected chi connectivity index (χ0v) is 9.22. The van der Waals surface area contributed by atoms with Crippen LogP contribution in [-0.4, -0.2) is 10.9 Å². The van der Waals surface area contributed by atoms with Gasteiger partial charge in [0.25, 0.3) is 0 Å². The maximum absolute atomic E-state index is 11.3. The fourth-order valence-corrected chi connectivity index (χ4v) is 0.905. The topological polar surface area (TPSA) is 37.3 Å². The molecule has 0 aliphatic carbocycles. The summed E-state index contributed by atoms with van der Waals surface area (Å²) in [5.41, 5.74) is -0.00908. The van der Waals surface area contributed by atoms with E-state index in [-0.39, 0.29) is 22.9 Å². The zero-order valence-electron chi connectivity index (χ0n) is 9.22. The van der Waals surface area contributed by atoms with Crippen LogP contribution in [0, 0.1) is 11.3 Å². The van der Waals surface area contributed by atoms with Gasteiger partial charge >= 0.3 is 0 Å². The lowest BCUT2D eigenvalue weighted by atomic mass is 9.89. The van der Waals surface area contributed by atoms with Gasteiger partial charge in [0.15, 0.2) is 5.78 Å². The second kappa shape index (κ2) is 4.45. The van der Waals surface area contributed by atoms with Crippen molar-refractivity contribution in [3.8, 4) is 0 Å². The molecule has 0 aliphatic rings. The maximum Gasteiger partial charge on any atom is 0.159 e. The summed E-state index contributed by atoms with van der Waals surface area (Å²) in [6, 6.07) is 0. The van der Waals surface area contributed by atoms with Crippen LogP contribution in [0.3, 0.4) is 0 Å². The Balaban J connectivity index is 4.24. The van der Waals surface area contributed by atoms with Crippen LogP contribution in [0.1, 0.15) is 41.0 Å². The van der Waals surface area contributed by atoms with Crippen LogP contribution in [0.2, 0.25) is 0 Å². The molecular weight excluding hydrogens is 164 g/mol. The molecule has 0 fully saturated rings. The molecule has 0 amide bonds. The van der Waals surface area contributed by atoms with E-state index >= 15 is 0 Å². The average Bonchev–Trinajstić information content (AvgIpc) is 1.81. The molecule has 0 atom stereocenters. The number of hydrogen-bond donors (Lipinski definition) is 1. The average molecular weight is 184 g/mol. The number of allylic oxidation sites excluding steroid dienone is 2. The fraction of sp³-hybridized carbons (Fsp3) is 0.727. The standard InChI is InChI=1S/C11H20O2/c1-8(2)10(13)6-9(12)7-11(3,4)5/h6,8,13H,7H2,1-5H3. The molecule has 0 radical (unpaired) electrons. The van der Waals surface area contributed by atoms with E-state index in [0.29, 0.717) is 6.42 Å². The third-order valence-electron chi connectivity index (χ3n) is 1.60. The fourth-order valence-electron chi connectivity index (χ4n) is 0.905. The van der Waals surface area contributed by atoms with E-state index in [4.69, 9.17) is 0 Å². The van der Waals surface area contributed by atoms with Crippen LogP contribution < -0.4 is 0 Å². The van der Waals surface area contributed by atoms with Gasteiger partial charge in [0, 0.05) is 18.4 Å². The van der Waals surface area contributed by atoms with Gasteiger partial charge in [-0.05, 0) is 5.41 Å². The number of hydrogen-bond acceptors (Lipinski definition) is 2. The third kappa shape index (κ3) is 6.38. The molecule has 0 aliphatic heterocycles. The Morgan fingerprint density at radius 2 is 1.85 bits per heavy atom. The van der Waals surface area contributed by atoms with Crippen molar-refractivity contribution in [2.24, 2.45) is 11.3 Å². The normalized spacial score (nSPS) is 13.5. The molecule has 13 heavy (non-hydrogen) atoms. The van der Waals surface area contributed by atoms with Gasteiger partial charge in [-0.3, -0.25) is 4.79 Å². The summed E-state index contributed by atoms with van der Waals surface area (Å²) in [6.07, 6.45) is 1.82. The summed E-state index contributed by atoms with van der Waals surface area (Å²) in [6.45, 7) is 9.73. The van der Waals surface area contributed by atoms with E-state index in [0.717, 1.165) is 0 Å². The van der Waals surface area contributed by atoms with Crippen LogP contribution in [0.15, 0.2) is 11.8 Å². The number of rotatable bonds is 3. The molecule has 2 nitrogen and oxygen atoms in total. The molecule has 0 aromatic carbocycles. The summed E-state index contributed by atoms with van der Waals surface area (Å²) < 4.78 is 0. The van der Waals surface area contributed by atoms with Crippen LogP contribution >= 0.6 is 0 Å². The molecule has 0 bridgehead atoms. The predicted octanol–water partition coefficient (Wildman–Crippen LogP) is 3.09. The smallest absolute Gasteiger partial charge is 0.159 e. The van der Waals surface area contributed by atoms with Crippen LogP contribution in [0.25, 0.3) is 0 Å². The molecule has 0 spiro atoms. The molecule has 0 saturated heterocycles. The predicted molar refractivity (Wildman–Crippen MR) is 54.6 cm³/mol. The van der Waals surface area contributed by atoms with Gasteiger partial charge in [-0.25, -0.2) is 0 Å². The number of ketones is 1. The summed E-state index contributed by atoms with van der Waals surface area (Å²) >= 11 is 0. The Kier molecular flexibility index (Phi) is 4.18. The highest BCUT2D eigenvalue weighted by Gasteiger charge is 2.15. The van der Waals surface area contributed by atoms with E-state index in [2.05, 4.69) is 0 Å². The third-order valence-corrected chi connectivity index (χ3v) is 1.60. The minimum Gasteiger partial charge on any atom is -0.512 e. The van der Waals surface area contributed by atoms with Gasteiger partial charge in [-0.15, -0.1) is 0 Å². The quantitative estimate of drug-likeness (QED) is 0.540. The lowest BCUT2D eigenvalue weighted by molar-refractivity contribution is -0.116. The Labute approximate surface area is 80.7 Å². The van der Waals surface area contributed by atoms with Crippen molar-refractivity contribution in [1.82, 2.24) is 0 Å². The highest BCUT2D eigenvalue weighted by Crippen LogP contribution is 2.19. The largest absolute Gasteiger partial charge is 0.512 e. The Morgan fingerprint density at radius 1 is 1.38 bits per heavy atom. The lowest BCUT2D eigenvalue weighted by Gasteiger charge is -2.15. The van der Waals surface area contributed by atoms with Gasteiger partial charge in [0.2, 0.25) is 0 Å². The second-order valence-electron chi connectivity index (χ2n) is 4.93. The van der Waals surface area contributed by atoms with Crippen molar-refractivity contribution in [3.63, 3.8) is 0 Å². The molecule has 0 rings (SSSR count). The van der Waals surface area contributed by atoms with Gasteiger partial charge in [-0.1, -0.05) is 34.6 Å². The van der Waals surface area contributed by atoms with Crippen molar-refractivity contribution in [3.05, 3.63) is 11.8 Å². The first-order valence-corrected chi connectivity index (χ1v) is 4.66. The zero-order chi connectivity index (χ0) is 10.6. The Morgan fingerprint density at radius 3 is 2.15 bits per heavy atom. The number of aliphatic hydroxyl groups is 1. The summed E-state index contributed by atoms with van der Waals surface area (Å²) in [4.78, 5) is 11.3. The highest BCUT2D eigenvalue weighted by molar-refractivity contribution is 5.90. The first-order chi connectivity index (χ1) is 5.72. The Bertz CT molecular complexity index is 207. The SMILES string of the molecule is CC(C)C(O)=CC(=O)CC(C)(C)C. The van der Waals surface area contributed by atoms with E-state index in [1.165, 1.54) is 6.08 Å². The highest BCUT2D eigenvalue weighted by atomic mass is 16.3. The van der Waals surface area contributed by atoms with Crippen molar-refractivity contribution in [2.75, 3.05) is 0 Å². The van der Waals surface area contributed by atoms with E-state index in [9.17, 15) is 9.90 Å². The number of carbonyl (C=O) groups excluding carboxylic acids is 1. The van der Waals surface area contributed by atoms with Gasteiger partial charge in [-0.2, -0.15) is 0 Å². The molecule has 0 aromatic heterocycles. The van der Waals surface area contributed by atoms with E-state index in [1.54, 1.807) is 0 Å². The molecule has 0 unspecified atom stereocenters. The molecule has 0 aromatic rings. The summed E-state index contributed by atoms with van der Waals surface area (Å²) in [7, 11) is 0. The number of aliphatic hydroxyl groups excluding tert-OH is 1. The molecule has 1 N–H and O–H groups in total. The molecule has 2 heteroatoms. The first-order valence-electron chi connectivity index (χ1n) is 4.66. The summed E-state index contributed by atoms with van der Waals surface area (Å²) in [5, 5.41) is 9.33. The molecule has 0 heterocycles. The van der Waals surface area contributed by atoms with Crippen molar-refractivity contribution in [2.45, 2.75) is 41.0 Å². The molecule has 0 saturated carbocycles. The van der Waals surface area contributed by atoms with Crippen LogP contribution in [0.4, 0.5) is 0 Å². The van der Waals surface area contributed by atoms with Gasteiger partial charge < -0.3 is 5.11 Å². The van der Waals surface area contributed by atoms with Crippen molar-refractivity contribution < 1.29 is 9.90 Å². The molecule has 76 valence electrons. The van der Waals surface area contributed by atoms with Crippen molar-refractivity contribution >= 4 is 5.78 Å². The van der Waals surface area contributed by atoms with Gasteiger partial charge in [0.1, 0.15) is 0 Å². The number of carbonyl (C=O) groups is 1. The van der Waals surface area contributed by atoms with Crippen LogP contribution in [-0.2, 0) is 4.79 Å². The van der Waals surface area contributed by atoms with Crippen LogP contribution in [0.5, 0.6) is 0 Å².